The highest BCUT2D eigenvalue weighted by Gasteiger charge is 2.16. The minimum Gasteiger partial charge on any atom is -0.496 e. The SMILES string of the molecule is COc1cccc2[nH]cc(CCNC(N)=NCC3CCC3)c12.I. The molecule has 0 atom stereocenters. The number of ether oxygens (including phenoxy) is 1. The highest BCUT2D eigenvalue weighted by atomic mass is 127. The van der Waals surface area contributed by atoms with Crippen molar-refractivity contribution in [1.29, 1.82) is 0 Å². The van der Waals surface area contributed by atoms with E-state index in [4.69, 9.17) is 10.5 Å². The van der Waals surface area contributed by atoms with Crippen molar-refractivity contribution < 1.29 is 4.74 Å². The van der Waals surface area contributed by atoms with Crippen LogP contribution in [0, 0.1) is 5.92 Å². The molecule has 0 bridgehead atoms. The number of aliphatic imine (C=N–C) groups is 1. The van der Waals surface area contributed by atoms with Crippen molar-refractivity contribution in [3.8, 4) is 5.75 Å². The summed E-state index contributed by atoms with van der Waals surface area (Å²) in [6.07, 6.45) is 6.85. The summed E-state index contributed by atoms with van der Waals surface area (Å²) in [6, 6.07) is 6.04. The van der Waals surface area contributed by atoms with Crippen LogP contribution in [-0.4, -0.2) is 31.1 Å². The summed E-state index contributed by atoms with van der Waals surface area (Å²) in [4.78, 5) is 7.70. The van der Waals surface area contributed by atoms with Crippen LogP contribution in [0.3, 0.4) is 0 Å². The Labute approximate surface area is 154 Å². The molecule has 1 saturated carbocycles. The van der Waals surface area contributed by atoms with Gasteiger partial charge in [0.05, 0.1) is 7.11 Å². The Bertz CT molecular complexity index is 664. The molecule has 1 aromatic carbocycles. The first-order valence-corrected chi connectivity index (χ1v) is 7.94. The van der Waals surface area contributed by atoms with Gasteiger partial charge in [0.1, 0.15) is 5.75 Å². The van der Waals surface area contributed by atoms with Crippen LogP contribution in [0.5, 0.6) is 5.75 Å². The van der Waals surface area contributed by atoms with Gasteiger partial charge in [0.2, 0.25) is 0 Å². The molecular formula is C17H25IN4O. The second kappa shape index (κ2) is 8.42. The van der Waals surface area contributed by atoms with Gasteiger partial charge in [-0.25, -0.2) is 0 Å². The largest absolute Gasteiger partial charge is 0.496 e. The van der Waals surface area contributed by atoms with E-state index in [1.807, 2.05) is 18.3 Å². The van der Waals surface area contributed by atoms with Gasteiger partial charge in [0, 0.05) is 30.2 Å². The molecule has 2 aromatic rings. The third-order valence-electron chi connectivity index (χ3n) is 4.41. The minimum atomic E-state index is 0. The monoisotopic (exact) mass is 428 g/mol. The summed E-state index contributed by atoms with van der Waals surface area (Å²) >= 11 is 0. The summed E-state index contributed by atoms with van der Waals surface area (Å²) in [7, 11) is 1.70. The van der Waals surface area contributed by atoms with E-state index in [1.165, 1.54) is 24.8 Å². The first kappa shape index (κ1) is 17.9. The highest BCUT2D eigenvalue weighted by molar-refractivity contribution is 14.0. The molecule has 1 heterocycles. The van der Waals surface area contributed by atoms with E-state index in [0.717, 1.165) is 42.1 Å². The van der Waals surface area contributed by atoms with E-state index in [9.17, 15) is 0 Å². The number of hydrogen-bond donors (Lipinski definition) is 3. The van der Waals surface area contributed by atoms with E-state index in [1.54, 1.807) is 7.11 Å². The van der Waals surface area contributed by atoms with Crippen LogP contribution in [0.4, 0.5) is 0 Å². The number of nitrogens with two attached hydrogens (primary N) is 1. The number of aromatic nitrogens is 1. The quantitative estimate of drug-likeness (QED) is 0.376. The van der Waals surface area contributed by atoms with Crippen molar-refractivity contribution in [2.45, 2.75) is 25.7 Å². The third-order valence-corrected chi connectivity index (χ3v) is 4.41. The molecule has 4 N–H and O–H groups in total. The van der Waals surface area contributed by atoms with Crippen LogP contribution in [0.15, 0.2) is 29.4 Å². The van der Waals surface area contributed by atoms with Gasteiger partial charge < -0.3 is 20.8 Å². The summed E-state index contributed by atoms with van der Waals surface area (Å²) in [5.74, 6) is 2.21. The van der Waals surface area contributed by atoms with Gasteiger partial charge in [-0.15, -0.1) is 24.0 Å². The maximum absolute atomic E-state index is 5.92. The Kier molecular flexibility index (Phi) is 6.56. The number of hydrogen-bond acceptors (Lipinski definition) is 2. The molecule has 126 valence electrons. The number of nitrogens with one attached hydrogen (secondary N) is 2. The Hall–Kier alpha value is -1.44. The topological polar surface area (TPSA) is 75.4 Å². The standard InChI is InChI=1S/C17H24N4O.HI/c1-22-15-7-3-6-14-16(15)13(11-20-14)8-9-19-17(18)21-10-12-4-2-5-12;/h3,6-7,11-12,20H,2,4-5,8-10H2,1H3,(H3,18,19,21);1H. The van der Waals surface area contributed by atoms with E-state index in [2.05, 4.69) is 21.4 Å². The first-order chi connectivity index (χ1) is 10.8. The lowest BCUT2D eigenvalue weighted by atomic mass is 9.86. The minimum absolute atomic E-state index is 0. The fourth-order valence-electron chi connectivity index (χ4n) is 2.87. The molecule has 1 fully saturated rings. The normalized spacial score (nSPS) is 15.1. The zero-order valence-electron chi connectivity index (χ0n) is 13.5. The molecular weight excluding hydrogens is 403 g/mol. The molecule has 1 aliphatic rings. The number of aromatic amines is 1. The second-order valence-electron chi connectivity index (χ2n) is 5.90. The molecule has 1 aromatic heterocycles. The van der Waals surface area contributed by atoms with Crippen LogP contribution >= 0.6 is 24.0 Å². The Morgan fingerprint density at radius 2 is 2.26 bits per heavy atom. The number of fused-ring (bicyclic) bond motifs is 1. The molecule has 0 radical (unpaired) electrons. The molecule has 0 amide bonds. The maximum Gasteiger partial charge on any atom is 0.188 e. The fourth-order valence-corrected chi connectivity index (χ4v) is 2.87. The lowest BCUT2D eigenvalue weighted by molar-refractivity contribution is 0.326. The van der Waals surface area contributed by atoms with Gasteiger partial charge in [-0.1, -0.05) is 12.5 Å². The van der Waals surface area contributed by atoms with Gasteiger partial charge in [-0.3, -0.25) is 4.99 Å². The highest BCUT2D eigenvalue weighted by Crippen LogP contribution is 2.28. The maximum atomic E-state index is 5.92. The molecule has 5 nitrogen and oxygen atoms in total. The number of guanidine groups is 1. The van der Waals surface area contributed by atoms with Crippen molar-refractivity contribution in [2.75, 3.05) is 20.2 Å². The molecule has 1 aliphatic carbocycles. The zero-order chi connectivity index (χ0) is 15.4. The van der Waals surface area contributed by atoms with Gasteiger partial charge in [-0.05, 0) is 42.9 Å². The summed E-state index contributed by atoms with van der Waals surface area (Å²) in [5.41, 5.74) is 8.24. The van der Waals surface area contributed by atoms with Gasteiger partial charge >= 0.3 is 0 Å². The number of halogens is 1. The van der Waals surface area contributed by atoms with Crippen molar-refractivity contribution in [3.05, 3.63) is 30.0 Å². The third kappa shape index (κ3) is 4.31. The molecule has 23 heavy (non-hydrogen) atoms. The number of nitrogens with zero attached hydrogens (tertiary/aromatic N) is 1. The number of rotatable bonds is 6. The van der Waals surface area contributed by atoms with Crippen LogP contribution in [0.1, 0.15) is 24.8 Å². The van der Waals surface area contributed by atoms with Gasteiger partial charge in [0.25, 0.3) is 0 Å². The number of methoxy groups -OCH3 is 1. The predicted molar refractivity (Wildman–Crippen MR) is 106 cm³/mol. The van der Waals surface area contributed by atoms with E-state index in [-0.39, 0.29) is 24.0 Å². The fraction of sp³-hybridized carbons (Fsp3) is 0.471. The van der Waals surface area contributed by atoms with E-state index in [0.29, 0.717) is 5.96 Å². The van der Waals surface area contributed by atoms with Crippen LogP contribution < -0.4 is 15.8 Å². The average molecular weight is 428 g/mol. The van der Waals surface area contributed by atoms with Crippen LogP contribution in [0.25, 0.3) is 10.9 Å². The smallest absolute Gasteiger partial charge is 0.188 e. The first-order valence-electron chi connectivity index (χ1n) is 7.94. The lowest BCUT2D eigenvalue weighted by Crippen LogP contribution is -2.34. The van der Waals surface area contributed by atoms with Crippen molar-refractivity contribution in [1.82, 2.24) is 10.3 Å². The van der Waals surface area contributed by atoms with Crippen LogP contribution in [-0.2, 0) is 6.42 Å². The van der Waals surface area contributed by atoms with Crippen LogP contribution in [0.2, 0.25) is 0 Å². The molecule has 0 spiro atoms. The Balaban J connectivity index is 0.00000192. The number of H-pyrrole nitrogens is 1. The van der Waals surface area contributed by atoms with Crippen molar-refractivity contribution >= 4 is 40.8 Å². The van der Waals surface area contributed by atoms with Crippen molar-refractivity contribution in [3.63, 3.8) is 0 Å². The second-order valence-corrected chi connectivity index (χ2v) is 5.90. The summed E-state index contributed by atoms with van der Waals surface area (Å²) < 4.78 is 5.45. The zero-order valence-corrected chi connectivity index (χ0v) is 15.8. The van der Waals surface area contributed by atoms with Gasteiger partial charge in [0.15, 0.2) is 5.96 Å². The van der Waals surface area contributed by atoms with E-state index >= 15 is 0 Å². The molecule has 0 saturated heterocycles. The average Bonchev–Trinajstić information content (AvgIpc) is 2.89. The van der Waals surface area contributed by atoms with E-state index < -0.39 is 0 Å². The summed E-state index contributed by atoms with van der Waals surface area (Å²) in [6.45, 7) is 1.63. The van der Waals surface area contributed by atoms with Gasteiger partial charge in [-0.2, -0.15) is 0 Å². The Morgan fingerprint density at radius 1 is 1.43 bits per heavy atom. The van der Waals surface area contributed by atoms with Crippen molar-refractivity contribution in [2.24, 2.45) is 16.6 Å². The lowest BCUT2D eigenvalue weighted by Gasteiger charge is -2.23. The summed E-state index contributed by atoms with van der Waals surface area (Å²) in [5, 5.41) is 4.35. The molecule has 6 heteroatoms. The molecule has 0 unspecified atom stereocenters. The molecule has 0 aliphatic heterocycles. The number of benzene rings is 1. The predicted octanol–water partition coefficient (Wildman–Crippen LogP) is 3.04. The Morgan fingerprint density at radius 3 is 2.96 bits per heavy atom. The molecule has 3 rings (SSSR count).